The molecule has 6 rings (SSSR count). The first-order chi connectivity index (χ1) is 20.3. The van der Waals surface area contributed by atoms with Gasteiger partial charge in [-0.3, -0.25) is 28.8 Å². The summed E-state index contributed by atoms with van der Waals surface area (Å²) in [5, 5.41) is 31.8. The predicted octanol–water partition coefficient (Wildman–Crippen LogP) is 4.99. The van der Waals surface area contributed by atoms with Crippen molar-refractivity contribution in [1.29, 1.82) is 0 Å². The van der Waals surface area contributed by atoms with Crippen molar-refractivity contribution < 1.29 is 44.1 Å². The average Bonchev–Trinajstić information content (AvgIpc) is 2.97. The molecule has 0 radical (unpaired) electrons. The second-order valence-electron chi connectivity index (χ2n) is 11.2. The molecule has 0 aliphatic heterocycles. The summed E-state index contributed by atoms with van der Waals surface area (Å²) in [6.07, 6.45) is -0.494. The van der Waals surface area contributed by atoms with E-state index in [9.17, 15) is 44.1 Å². The SMILES string of the molecule is CC1=C(C[C@@H]2C(=O)c3cccc(O)c3C(=O)[C@@]2(C)C2=C(C)C(=O)c3cccc(O)c3C2=O)C(=O)c2c(O)cccc2C1=O. The van der Waals surface area contributed by atoms with Crippen LogP contribution in [-0.4, -0.2) is 50.0 Å². The Labute approximate surface area is 244 Å². The Morgan fingerprint density at radius 2 is 1.07 bits per heavy atom. The Bertz CT molecular complexity index is 1970. The third-order valence-corrected chi connectivity index (χ3v) is 8.99. The number of Topliss-reactive ketones (excluding diaryl/α,β-unsaturated/α-hetero) is 6. The highest BCUT2D eigenvalue weighted by atomic mass is 16.3. The third kappa shape index (κ3) is 3.57. The zero-order valence-electron chi connectivity index (χ0n) is 23.3. The highest BCUT2D eigenvalue weighted by Crippen LogP contribution is 2.53. The van der Waals surface area contributed by atoms with E-state index in [0.29, 0.717) is 0 Å². The summed E-state index contributed by atoms with van der Waals surface area (Å²) in [6, 6.07) is 12.0. The lowest BCUT2D eigenvalue weighted by Gasteiger charge is -2.43. The van der Waals surface area contributed by atoms with Gasteiger partial charge >= 0.3 is 0 Å². The largest absolute Gasteiger partial charge is 0.507 e. The lowest BCUT2D eigenvalue weighted by Crippen LogP contribution is -2.50. The van der Waals surface area contributed by atoms with Gasteiger partial charge in [0.05, 0.1) is 22.1 Å². The standard InChI is InChI=1S/C34H24O9/c1-14-19(31(41)24-16(28(14)38)7-4-10-21(24)35)13-20-30(40)18-9-6-12-23(37)26(18)33(43)34(20,3)27-15(2)29(39)17-8-5-11-22(36)25(17)32(27)42/h4-12,20,35-37H,13H2,1-3H3/t20-,34-/m1/s1. The zero-order chi connectivity index (χ0) is 31.1. The van der Waals surface area contributed by atoms with Gasteiger partial charge in [0.2, 0.25) is 0 Å². The molecule has 0 spiro atoms. The van der Waals surface area contributed by atoms with E-state index < -0.39 is 69.7 Å². The van der Waals surface area contributed by atoms with Gasteiger partial charge in [-0.1, -0.05) is 36.4 Å². The summed E-state index contributed by atoms with van der Waals surface area (Å²) in [6.45, 7) is 4.05. The number of fused-ring (bicyclic) bond motifs is 3. The molecule has 0 heterocycles. The van der Waals surface area contributed by atoms with Crippen molar-refractivity contribution in [2.24, 2.45) is 11.3 Å². The van der Waals surface area contributed by atoms with Crippen molar-refractivity contribution >= 4 is 34.7 Å². The molecule has 3 aliphatic rings. The summed E-state index contributed by atoms with van der Waals surface area (Å²) in [7, 11) is 0. The molecule has 0 bridgehead atoms. The molecule has 3 N–H and O–H groups in total. The van der Waals surface area contributed by atoms with Gasteiger partial charge < -0.3 is 15.3 Å². The van der Waals surface area contributed by atoms with Gasteiger partial charge in [-0.05, 0) is 45.4 Å². The third-order valence-electron chi connectivity index (χ3n) is 8.99. The minimum atomic E-state index is -2.12. The number of benzene rings is 3. The first-order valence-electron chi connectivity index (χ1n) is 13.5. The predicted molar refractivity (Wildman–Crippen MR) is 152 cm³/mol. The maximum Gasteiger partial charge on any atom is 0.194 e. The molecule has 0 fully saturated rings. The molecule has 0 aromatic heterocycles. The average molecular weight is 577 g/mol. The van der Waals surface area contributed by atoms with Crippen molar-refractivity contribution in [2.75, 3.05) is 0 Å². The minimum absolute atomic E-state index is 0.00554. The number of hydrogen-bond donors (Lipinski definition) is 3. The zero-order valence-corrected chi connectivity index (χ0v) is 23.3. The van der Waals surface area contributed by atoms with Crippen LogP contribution in [0.4, 0.5) is 0 Å². The molecule has 214 valence electrons. The van der Waals surface area contributed by atoms with Crippen molar-refractivity contribution in [1.82, 2.24) is 0 Å². The Hall–Kier alpha value is -5.44. The van der Waals surface area contributed by atoms with Crippen LogP contribution in [0.2, 0.25) is 0 Å². The van der Waals surface area contributed by atoms with Crippen LogP contribution in [0.1, 0.15) is 89.3 Å². The Balaban J connectivity index is 1.61. The topological polar surface area (TPSA) is 163 Å². The molecule has 0 saturated heterocycles. The van der Waals surface area contributed by atoms with Crippen molar-refractivity contribution in [2.45, 2.75) is 27.2 Å². The number of hydrogen-bond acceptors (Lipinski definition) is 9. The Morgan fingerprint density at radius 1 is 0.605 bits per heavy atom. The van der Waals surface area contributed by atoms with E-state index in [0.717, 1.165) is 0 Å². The van der Waals surface area contributed by atoms with Gasteiger partial charge in [0.15, 0.2) is 34.7 Å². The molecule has 43 heavy (non-hydrogen) atoms. The van der Waals surface area contributed by atoms with Gasteiger partial charge in [-0.25, -0.2) is 0 Å². The van der Waals surface area contributed by atoms with E-state index >= 15 is 0 Å². The van der Waals surface area contributed by atoms with Crippen molar-refractivity contribution in [3.8, 4) is 17.2 Å². The van der Waals surface area contributed by atoms with Crippen LogP contribution in [-0.2, 0) is 0 Å². The lowest BCUT2D eigenvalue weighted by atomic mass is 9.55. The lowest BCUT2D eigenvalue weighted by molar-refractivity contribution is 0.0611. The quantitative estimate of drug-likeness (QED) is 0.390. The smallest absolute Gasteiger partial charge is 0.194 e. The first-order valence-corrected chi connectivity index (χ1v) is 13.5. The fourth-order valence-electron chi connectivity index (χ4n) is 6.72. The number of phenols is 3. The number of carbonyl (C=O) groups excluding carboxylic acids is 6. The summed E-state index contributed by atoms with van der Waals surface area (Å²) in [4.78, 5) is 83.4. The van der Waals surface area contributed by atoms with Gasteiger partial charge in [-0.15, -0.1) is 0 Å². The van der Waals surface area contributed by atoms with E-state index in [1.807, 2.05) is 0 Å². The van der Waals surface area contributed by atoms with E-state index in [1.165, 1.54) is 75.4 Å². The fourth-order valence-corrected chi connectivity index (χ4v) is 6.72. The normalized spacial score (nSPS) is 21.7. The Kier molecular flexibility index (Phi) is 5.99. The maximum atomic E-state index is 14.5. The van der Waals surface area contributed by atoms with Crippen molar-refractivity contribution in [3.63, 3.8) is 0 Å². The summed E-state index contributed by atoms with van der Waals surface area (Å²) < 4.78 is 0. The fraction of sp³-hybridized carbons (Fsp3) is 0.176. The molecule has 0 amide bonds. The van der Waals surface area contributed by atoms with Crippen LogP contribution < -0.4 is 0 Å². The summed E-state index contributed by atoms with van der Waals surface area (Å²) >= 11 is 0. The van der Waals surface area contributed by atoms with E-state index in [4.69, 9.17) is 0 Å². The van der Waals surface area contributed by atoms with E-state index in [2.05, 4.69) is 0 Å². The molecule has 9 nitrogen and oxygen atoms in total. The number of ketones is 6. The molecule has 2 atom stereocenters. The van der Waals surface area contributed by atoms with E-state index in [1.54, 1.807) is 0 Å². The van der Waals surface area contributed by atoms with E-state index in [-0.39, 0.29) is 55.7 Å². The molecule has 3 aromatic rings. The van der Waals surface area contributed by atoms with Crippen LogP contribution in [0, 0.1) is 11.3 Å². The van der Waals surface area contributed by atoms with Crippen LogP contribution in [0.25, 0.3) is 0 Å². The molecular formula is C34H24O9. The summed E-state index contributed by atoms with van der Waals surface area (Å²) in [5.41, 5.74) is -3.82. The number of allylic oxidation sites excluding steroid dienone is 4. The summed E-state index contributed by atoms with van der Waals surface area (Å²) in [5.74, 6) is -7.19. The van der Waals surface area contributed by atoms with Crippen LogP contribution >= 0.6 is 0 Å². The maximum absolute atomic E-state index is 14.5. The van der Waals surface area contributed by atoms with Gasteiger partial charge in [0.25, 0.3) is 0 Å². The molecule has 0 saturated carbocycles. The van der Waals surface area contributed by atoms with Crippen LogP contribution in [0.3, 0.4) is 0 Å². The molecule has 3 aromatic carbocycles. The highest BCUT2D eigenvalue weighted by Gasteiger charge is 2.58. The van der Waals surface area contributed by atoms with Gasteiger partial charge in [-0.2, -0.15) is 0 Å². The molecule has 3 aliphatic carbocycles. The monoisotopic (exact) mass is 576 g/mol. The highest BCUT2D eigenvalue weighted by molar-refractivity contribution is 6.33. The first kappa shape index (κ1) is 27.7. The molecule has 0 unspecified atom stereocenters. The van der Waals surface area contributed by atoms with Crippen LogP contribution in [0.5, 0.6) is 17.2 Å². The van der Waals surface area contributed by atoms with Gasteiger partial charge in [0.1, 0.15) is 17.2 Å². The van der Waals surface area contributed by atoms with Gasteiger partial charge in [0, 0.05) is 44.9 Å². The number of aromatic hydroxyl groups is 3. The number of carbonyl (C=O) groups is 6. The Morgan fingerprint density at radius 3 is 1.63 bits per heavy atom. The molecular weight excluding hydrogens is 552 g/mol. The number of rotatable bonds is 3. The minimum Gasteiger partial charge on any atom is -0.507 e. The molecule has 9 heteroatoms. The number of phenolic OH excluding ortho intramolecular Hbond substituents is 3. The second kappa shape index (κ2) is 9.29. The second-order valence-corrected chi connectivity index (χ2v) is 11.2. The van der Waals surface area contributed by atoms with Crippen molar-refractivity contribution in [3.05, 3.63) is 110 Å². The van der Waals surface area contributed by atoms with Crippen LogP contribution in [0.15, 0.2) is 76.9 Å².